The van der Waals surface area contributed by atoms with Crippen LogP contribution in [0, 0.1) is 6.92 Å². The van der Waals surface area contributed by atoms with Crippen LogP contribution in [0.1, 0.15) is 49.0 Å². The van der Waals surface area contributed by atoms with Crippen molar-refractivity contribution in [2.24, 2.45) is 0 Å². The number of H-pyrrole nitrogens is 1. The molecule has 136 valence electrons. The zero-order valence-electron chi connectivity index (χ0n) is 15.3. The number of benzene rings is 1. The van der Waals surface area contributed by atoms with E-state index in [0.717, 1.165) is 45.3 Å². The maximum atomic E-state index is 9.63. The van der Waals surface area contributed by atoms with Crippen LogP contribution >= 0.6 is 0 Å². The van der Waals surface area contributed by atoms with Crippen molar-refractivity contribution in [3.8, 4) is 0 Å². The molecule has 2 aromatic rings. The summed E-state index contributed by atoms with van der Waals surface area (Å²) in [6.07, 6.45) is 5.72. The number of aryl methyl sites for hydroxylation is 2. The monoisotopic (exact) mass is 342 g/mol. The summed E-state index contributed by atoms with van der Waals surface area (Å²) in [6.45, 7) is 7.18. The molecule has 3 N–H and O–H groups in total. The van der Waals surface area contributed by atoms with Crippen LogP contribution in [0.25, 0.3) is 0 Å². The molecule has 0 bridgehead atoms. The third kappa shape index (κ3) is 4.83. The average Bonchev–Trinajstić information content (AvgIpc) is 3.04. The highest BCUT2D eigenvalue weighted by atomic mass is 16.3. The maximum Gasteiger partial charge on any atom is 0.0574 e. The molecule has 1 unspecified atom stereocenters. The summed E-state index contributed by atoms with van der Waals surface area (Å²) >= 11 is 0. The van der Waals surface area contributed by atoms with Crippen LogP contribution in [-0.2, 0) is 6.42 Å². The molecule has 1 fully saturated rings. The van der Waals surface area contributed by atoms with E-state index in [1.165, 1.54) is 22.5 Å². The van der Waals surface area contributed by atoms with Gasteiger partial charge in [-0.3, -0.25) is 5.10 Å². The Kier molecular flexibility index (Phi) is 6.10. The van der Waals surface area contributed by atoms with E-state index in [1.807, 2.05) is 6.20 Å². The van der Waals surface area contributed by atoms with E-state index in [1.54, 1.807) is 0 Å². The van der Waals surface area contributed by atoms with Gasteiger partial charge in [0.05, 0.1) is 12.3 Å². The van der Waals surface area contributed by atoms with Gasteiger partial charge in [0.25, 0.3) is 0 Å². The van der Waals surface area contributed by atoms with Crippen molar-refractivity contribution in [3.05, 3.63) is 47.3 Å². The summed E-state index contributed by atoms with van der Waals surface area (Å²) in [5.41, 5.74) is 5.07. The predicted octanol–water partition coefficient (Wildman–Crippen LogP) is 2.96. The first-order valence-electron chi connectivity index (χ1n) is 9.38. The van der Waals surface area contributed by atoms with Gasteiger partial charge in [0, 0.05) is 30.5 Å². The molecule has 2 heterocycles. The second-order valence-electron chi connectivity index (χ2n) is 7.11. The summed E-state index contributed by atoms with van der Waals surface area (Å²) in [5, 5.41) is 20.3. The molecular formula is C20H30N4O. The topological polar surface area (TPSA) is 64.2 Å². The Labute approximate surface area is 150 Å². The highest BCUT2D eigenvalue weighted by molar-refractivity contribution is 5.48. The van der Waals surface area contributed by atoms with Gasteiger partial charge in [0.15, 0.2) is 0 Å². The number of aliphatic hydroxyl groups is 1. The average molecular weight is 342 g/mol. The highest BCUT2D eigenvalue weighted by Gasteiger charge is 2.17. The van der Waals surface area contributed by atoms with E-state index in [2.05, 4.69) is 58.5 Å². The zero-order chi connectivity index (χ0) is 17.6. The number of aromatic amines is 1. The fraction of sp³-hybridized carbons (Fsp3) is 0.550. The Morgan fingerprint density at radius 1 is 1.28 bits per heavy atom. The molecule has 1 saturated heterocycles. The van der Waals surface area contributed by atoms with Gasteiger partial charge in [-0.1, -0.05) is 12.1 Å². The molecule has 0 saturated carbocycles. The lowest BCUT2D eigenvalue weighted by Gasteiger charge is -2.31. The maximum absolute atomic E-state index is 9.63. The molecule has 1 atom stereocenters. The Morgan fingerprint density at radius 2 is 2.00 bits per heavy atom. The number of anilines is 1. The molecule has 5 nitrogen and oxygen atoms in total. The van der Waals surface area contributed by atoms with Crippen molar-refractivity contribution in [2.75, 3.05) is 24.5 Å². The lowest BCUT2D eigenvalue weighted by atomic mass is 10.0. The van der Waals surface area contributed by atoms with Gasteiger partial charge in [-0.05, 0) is 69.3 Å². The first kappa shape index (κ1) is 18.0. The minimum absolute atomic E-state index is 0.120. The Bertz CT molecular complexity index is 644. The van der Waals surface area contributed by atoms with Crippen molar-refractivity contribution < 1.29 is 5.11 Å². The largest absolute Gasteiger partial charge is 0.393 e. The summed E-state index contributed by atoms with van der Waals surface area (Å²) in [4.78, 5) is 2.36. The van der Waals surface area contributed by atoms with Gasteiger partial charge < -0.3 is 15.3 Å². The fourth-order valence-corrected chi connectivity index (χ4v) is 3.44. The first-order chi connectivity index (χ1) is 12.1. The number of rotatable bonds is 7. The van der Waals surface area contributed by atoms with E-state index >= 15 is 0 Å². The molecule has 25 heavy (non-hydrogen) atoms. The van der Waals surface area contributed by atoms with Gasteiger partial charge in [-0.15, -0.1) is 0 Å². The normalized spacial score (nSPS) is 17.0. The second-order valence-corrected chi connectivity index (χ2v) is 7.11. The summed E-state index contributed by atoms with van der Waals surface area (Å²) < 4.78 is 0. The Morgan fingerprint density at radius 3 is 2.64 bits per heavy atom. The number of aliphatic hydroxyl groups excluding tert-OH is 1. The van der Waals surface area contributed by atoms with E-state index in [0.29, 0.717) is 6.04 Å². The molecule has 5 heteroatoms. The van der Waals surface area contributed by atoms with Crippen LogP contribution in [0.2, 0.25) is 0 Å². The predicted molar refractivity (Wildman–Crippen MR) is 102 cm³/mol. The van der Waals surface area contributed by atoms with E-state index in [9.17, 15) is 5.11 Å². The number of piperidine rings is 1. The summed E-state index contributed by atoms with van der Waals surface area (Å²) in [7, 11) is 0. The number of nitrogens with zero attached hydrogens (tertiary/aromatic N) is 2. The SMILES string of the molecule is Cc1[nH]ncc1CCCNC(C)c1ccc(N2CCC(O)CC2)cc1. The minimum atomic E-state index is -0.120. The van der Waals surface area contributed by atoms with Crippen molar-refractivity contribution in [1.82, 2.24) is 15.5 Å². The third-order valence-electron chi connectivity index (χ3n) is 5.23. The first-order valence-corrected chi connectivity index (χ1v) is 9.38. The van der Waals surface area contributed by atoms with E-state index in [4.69, 9.17) is 0 Å². The molecule has 1 aromatic carbocycles. The van der Waals surface area contributed by atoms with Crippen molar-refractivity contribution in [3.63, 3.8) is 0 Å². The van der Waals surface area contributed by atoms with Crippen LogP contribution in [0.3, 0.4) is 0 Å². The molecule has 1 aromatic heterocycles. The molecule has 0 amide bonds. The van der Waals surface area contributed by atoms with E-state index in [-0.39, 0.29) is 6.10 Å². The van der Waals surface area contributed by atoms with Crippen LogP contribution in [0.15, 0.2) is 30.5 Å². The molecule has 0 aliphatic carbocycles. The Hall–Kier alpha value is -1.85. The van der Waals surface area contributed by atoms with Gasteiger partial charge in [-0.2, -0.15) is 5.10 Å². The van der Waals surface area contributed by atoms with Crippen molar-refractivity contribution in [2.45, 2.75) is 51.7 Å². The lowest BCUT2D eigenvalue weighted by molar-refractivity contribution is 0.145. The number of aromatic nitrogens is 2. The molecule has 1 aliphatic heterocycles. The smallest absolute Gasteiger partial charge is 0.0574 e. The van der Waals surface area contributed by atoms with Crippen LogP contribution < -0.4 is 10.2 Å². The molecule has 1 aliphatic rings. The zero-order valence-corrected chi connectivity index (χ0v) is 15.3. The molecule has 0 radical (unpaired) electrons. The van der Waals surface area contributed by atoms with Gasteiger partial charge in [-0.25, -0.2) is 0 Å². The van der Waals surface area contributed by atoms with Gasteiger partial charge >= 0.3 is 0 Å². The summed E-state index contributed by atoms with van der Waals surface area (Å²) in [6, 6.07) is 9.21. The number of hydrogen-bond donors (Lipinski definition) is 3. The van der Waals surface area contributed by atoms with Gasteiger partial charge in [0.2, 0.25) is 0 Å². The minimum Gasteiger partial charge on any atom is -0.393 e. The Balaban J connectivity index is 1.44. The standard InChI is InChI=1S/C20H30N4O/c1-15(21-11-3-4-18-14-22-23-16(18)2)17-5-7-19(8-6-17)24-12-9-20(25)10-13-24/h5-8,14-15,20-21,25H,3-4,9-13H2,1-2H3,(H,22,23). The summed E-state index contributed by atoms with van der Waals surface area (Å²) in [5.74, 6) is 0. The number of hydrogen-bond acceptors (Lipinski definition) is 4. The molecule has 0 spiro atoms. The molecular weight excluding hydrogens is 312 g/mol. The second kappa shape index (κ2) is 8.50. The van der Waals surface area contributed by atoms with Gasteiger partial charge in [0.1, 0.15) is 0 Å². The van der Waals surface area contributed by atoms with E-state index < -0.39 is 0 Å². The highest BCUT2D eigenvalue weighted by Crippen LogP contribution is 2.22. The fourth-order valence-electron chi connectivity index (χ4n) is 3.44. The number of nitrogens with one attached hydrogen (secondary N) is 2. The lowest BCUT2D eigenvalue weighted by Crippen LogP contribution is -2.35. The third-order valence-corrected chi connectivity index (χ3v) is 5.23. The quantitative estimate of drug-likeness (QED) is 0.677. The van der Waals surface area contributed by atoms with Crippen LogP contribution in [0.5, 0.6) is 0 Å². The van der Waals surface area contributed by atoms with Crippen LogP contribution in [-0.4, -0.2) is 41.0 Å². The van der Waals surface area contributed by atoms with Crippen LogP contribution in [0.4, 0.5) is 5.69 Å². The molecule has 3 rings (SSSR count). The van der Waals surface area contributed by atoms with Crippen molar-refractivity contribution >= 4 is 5.69 Å². The van der Waals surface area contributed by atoms with Crippen molar-refractivity contribution in [1.29, 1.82) is 0 Å².